The van der Waals surface area contributed by atoms with Gasteiger partial charge in [-0.1, -0.05) is 34.4 Å². The van der Waals surface area contributed by atoms with Crippen molar-refractivity contribution >= 4 is 72.1 Å². The zero-order valence-electron chi connectivity index (χ0n) is 15.3. The monoisotopic (exact) mass is 481 g/mol. The summed E-state index contributed by atoms with van der Waals surface area (Å²) in [4.78, 5) is 13.0. The minimum absolute atomic E-state index is 0.00990. The number of hydrogen-bond donors (Lipinski definition) is 2. The first-order chi connectivity index (χ1) is 14.2. The van der Waals surface area contributed by atoms with E-state index in [2.05, 4.69) is 15.2 Å². The Balaban J connectivity index is 1.52. The highest BCUT2D eigenvalue weighted by Crippen LogP contribution is 2.37. The molecule has 2 N–H and O–H groups in total. The van der Waals surface area contributed by atoms with Gasteiger partial charge >= 0.3 is 0 Å². The molecular weight excluding hydrogens is 469 g/mol. The van der Waals surface area contributed by atoms with Crippen LogP contribution in [0.25, 0.3) is 10.1 Å². The van der Waals surface area contributed by atoms with E-state index in [1.165, 1.54) is 41.7 Å². The second-order valence-corrected chi connectivity index (χ2v) is 9.84. The second-order valence-electron chi connectivity index (χ2n) is 6.29. The quantitative estimate of drug-likeness (QED) is 0.388. The zero-order valence-corrected chi connectivity index (χ0v) is 18.4. The van der Waals surface area contributed by atoms with Crippen molar-refractivity contribution in [3.8, 4) is 0 Å². The van der Waals surface area contributed by atoms with Crippen LogP contribution >= 0.6 is 34.5 Å². The molecule has 1 amide bonds. The Hall–Kier alpha value is -2.59. The lowest BCUT2D eigenvalue weighted by Gasteiger charge is -2.07. The van der Waals surface area contributed by atoms with E-state index in [4.69, 9.17) is 27.7 Å². The van der Waals surface area contributed by atoms with E-state index in [0.717, 1.165) is 10.1 Å². The van der Waals surface area contributed by atoms with Crippen LogP contribution in [0.5, 0.6) is 0 Å². The number of carbonyl (C=O) groups is 1. The summed E-state index contributed by atoms with van der Waals surface area (Å²) in [5.41, 5.74) is 0.419. The second kappa shape index (κ2) is 7.92. The highest BCUT2D eigenvalue weighted by Gasteiger charge is 2.19. The van der Waals surface area contributed by atoms with Gasteiger partial charge in [0.05, 0.1) is 9.92 Å². The summed E-state index contributed by atoms with van der Waals surface area (Å²) in [6.07, 6.45) is 0. The van der Waals surface area contributed by atoms with E-state index in [9.17, 15) is 13.2 Å². The Kier molecular flexibility index (Phi) is 5.46. The first-order valence-electron chi connectivity index (χ1n) is 8.48. The number of amides is 1. The molecule has 0 aliphatic rings. The van der Waals surface area contributed by atoms with Crippen LogP contribution in [-0.2, 0) is 10.0 Å². The van der Waals surface area contributed by atoms with Gasteiger partial charge in [0.1, 0.15) is 10.6 Å². The van der Waals surface area contributed by atoms with E-state index in [1.807, 2.05) is 0 Å². The van der Waals surface area contributed by atoms with Crippen molar-refractivity contribution in [1.29, 1.82) is 0 Å². The van der Waals surface area contributed by atoms with Gasteiger partial charge < -0.3 is 9.84 Å². The van der Waals surface area contributed by atoms with Gasteiger partial charge in [0.15, 0.2) is 5.82 Å². The number of thiophene rings is 1. The van der Waals surface area contributed by atoms with Crippen molar-refractivity contribution in [3.05, 3.63) is 69.2 Å². The minimum Gasteiger partial charge on any atom is -0.360 e. The minimum atomic E-state index is -3.84. The number of anilines is 2. The third kappa shape index (κ3) is 4.15. The van der Waals surface area contributed by atoms with Crippen molar-refractivity contribution in [2.24, 2.45) is 0 Å². The van der Waals surface area contributed by atoms with E-state index in [1.54, 1.807) is 25.1 Å². The van der Waals surface area contributed by atoms with Crippen LogP contribution in [0, 0.1) is 6.92 Å². The molecule has 0 spiro atoms. The summed E-state index contributed by atoms with van der Waals surface area (Å²) < 4.78 is 32.8. The number of hydrogen-bond acceptors (Lipinski definition) is 6. The van der Waals surface area contributed by atoms with Crippen LogP contribution in [0.3, 0.4) is 0 Å². The molecule has 0 unspecified atom stereocenters. The Morgan fingerprint density at radius 3 is 2.50 bits per heavy atom. The largest absolute Gasteiger partial charge is 0.360 e. The van der Waals surface area contributed by atoms with Gasteiger partial charge in [0, 0.05) is 26.9 Å². The fraction of sp³-hybridized carbons (Fsp3) is 0.0526. The normalized spacial score (nSPS) is 11.6. The maximum atomic E-state index is 12.6. The Morgan fingerprint density at radius 1 is 1.10 bits per heavy atom. The van der Waals surface area contributed by atoms with Crippen LogP contribution < -0.4 is 10.0 Å². The number of fused-ring (bicyclic) bond motifs is 1. The molecule has 0 saturated carbocycles. The molecule has 7 nitrogen and oxygen atoms in total. The van der Waals surface area contributed by atoms with Gasteiger partial charge in [-0.2, -0.15) is 0 Å². The number of carbonyl (C=O) groups excluding carboxylic acids is 1. The molecule has 0 saturated heterocycles. The SMILES string of the molecule is Cc1cc(NS(=O)(=O)c2ccc(NC(=O)c3sc4cc(Cl)ccc4c3Cl)cc2)no1. The van der Waals surface area contributed by atoms with Crippen molar-refractivity contribution < 1.29 is 17.7 Å². The predicted octanol–water partition coefficient (Wildman–Crippen LogP) is 5.56. The average molecular weight is 482 g/mol. The molecular formula is C19H13Cl2N3O4S2. The lowest BCUT2D eigenvalue weighted by atomic mass is 10.2. The summed E-state index contributed by atoms with van der Waals surface area (Å²) in [6, 6.07) is 12.4. The maximum absolute atomic E-state index is 12.6. The highest BCUT2D eigenvalue weighted by atomic mass is 35.5. The van der Waals surface area contributed by atoms with E-state index in [0.29, 0.717) is 26.4 Å². The van der Waals surface area contributed by atoms with Gasteiger partial charge in [0.25, 0.3) is 15.9 Å². The lowest BCUT2D eigenvalue weighted by Crippen LogP contribution is -2.14. The standard InChI is InChI=1S/C19H13Cl2N3O4S2/c1-10-8-16(23-28-10)24-30(26,27)13-5-3-12(4-6-13)22-19(25)18-17(21)14-7-2-11(20)9-15(14)29-18/h2-9H,1H3,(H,22,25)(H,23,24). The van der Waals surface area contributed by atoms with Crippen LogP contribution in [0.1, 0.15) is 15.4 Å². The van der Waals surface area contributed by atoms with Crippen LogP contribution in [0.2, 0.25) is 10.0 Å². The first kappa shape index (κ1) is 20.7. The van der Waals surface area contributed by atoms with E-state index in [-0.39, 0.29) is 10.7 Å². The van der Waals surface area contributed by atoms with Gasteiger partial charge in [0.2, 0.25) is 0 Å². The van der Waals surface area contributed by atoms with Crippen LogP contribution in [-0.4, -0.2) is 19.5 Å². The molecule has 0 aliphatic carbocycles. The van der Waals surface area contributed by atoms with Crippen molar-refractivity contribution in [1.82, 2.24) is 5.16 Å². The highest BCUT2D eigenvalue weighted by molar-refractivity contribution is 7.92. The first-order valence-corrected chi connectivity index (χ1v) is 11.5. The molecule has 0 fully saturated rings. The predicted molar refractivity (Wildman–Crippen MR) is 118 cm³/mol. The number of benzene rings is 2. The zero-order chi connectivity index (χ0) is 21.5. The Labute approximate surface area is 185 Å². The van der Waals surface area contributed by atoms with Gasteiger partial charge in [-0.05, 0) is 43.3 Å². The smallest absolute Gasteiger partial charge is 0.267 e. The van der Waals surface area contributed by atoms with Gasteiger partial charge in [-0.25, -0.2) is 8.42 Å². The fourth-order valence-corrected chi connectivity index (χ4v) is 5.37. The molecule has 0 radical (unpaired) electrons. The maximum Gasteiger partial charge on any atom is 0.267 e. The number of aryl methyl sites for hydroxylation is 1. The third-order valence-corrected chi connectivity index (χ3v) is 7.35. The number of sulfonamides is 1. The number of nitrogens with zero attached hydrogens (tertiary/aromatic N) is 1. The number of halogens is 2. The van der Waals surface area contributed by atoms with Crippen LogP contribution in [0.4, 0.5) is 11.5 Å². The fourth-order valence-electron chi connectivity index (χ4n) is 2.70. The molecule has 0 aliphatic heterocycles. The summed E-state index contributed by atoms with van der Waals surface area (Å²) in [5.74, 6) is 0.168. The summed E-state index contributed by atoms with van der Waals surface area (Å²) in [5, 5.41) is 7.96. The van der Waals surface area contributed by atoms with Gasteiger partial charge in [-0.15, -0.1) is 11.3 Å². The molecule has 154 valence electrons. The summed E-state index contributed by atoms with van der Waals surface area (Å²) >= 11 is 13.6. The van der Waals surface area contributed by atoms with Crippen molar-refractivity contribution in [2.75, 3.05) is 10.0 Å². The molecule has 2 aromatic heterocycles. The molecule has 30 heavy (non-hydrogen) atoms. The van der Waals surface area contributed by atoms with Crippen molar-refractivity contribution in [3.63, 3.8) is 0 Å². The average Bonchev–Trinajstić information content (AvgIpc) is 3.24. The molecule has 4 aromatic rings. The number of rotatable bonds is 5. The Morgan fingerprint density at radius 2 is 1.83 bits per heavy atom. The summed E-state index contributed by atoms with van der Waals surface area (Å²) in [7, 11) is -3.84. The topological polar surface area (TPSA) is 101 Å². The third-order valence-electron chi connectivity index (χ3n) is 4.09. The van der Waals surface area contributed by atoms with Gasteiger partial charge in [-0.3, -0.25) is 9.52 Å². The molecule has 2 aromatic carbocycles. The molecule has 11 heteroatoms. The molecule has 0 bridgehead atoms. The molecule has 2 heterocycles. The Bertz CT molecular complexity index is 1360. The lowest BCUT2D eigenvalue weighted by molar-refractivity contribution is 0.103. The molecule has 0 atom stereocenters. The van der Waals surface area contributed by atoms with E-state index < -0.39 is 15.9 Å². The van der Waals surface area contributed by atoms with Crippen LogP contribution in [0.15, 0.2) is 57.9 Å². The number of nitrogens with one attached hydrogen (secondary N) is 2. The number of aromatic nitrogens is 1. The van der Waals surface area contributed by atoms with E-state index >= 15 is 0 Å². The summed E-state index contributed by atoms with van der Waals surface area (Å²) in [6.45, 7) is 1.65. The molecule has 4 rings (SSSR count). The van der Waals surface area contributed by atoms with Crippen molar-refractivity contribution in [2.45, 2.75) is 11.8 Å².